The number of ether oxygens (including phenoxy) is 1. The minimum Gasteiger partial charge on any atom is -0.493 e. The molecule has 0 radical (unpaired) electrons. The molecule has 1 amide bonds. The Labute approximate surface area is 129 Å². The van der Waals surface area contributed by atoms with Gasteiger partial charge in [0.15, 0.2) is 0 Å². The van der Waals surface area contributed by atoms with Gasteiger partial charge in [-0.1, -0.05) is 24.3 Å². The second kappa shape index (κ2) is 6.05. The first-order valence-corrected chi connectivity index (χ1v) is 7.27. The maximum Gasteiger partial charge on any atom is 0.407 e. The highest BCUT2D eigenvalue weighted by atomic mass is 16.5. The molecule has 1 aromatic heterocycles. The first-order valence-electron chi connectivity index (χ1n) is 7.27. The average Bonchev–Trinajstić information content (AvgIpc) is 2.55. The van der Waals surface area contributed by atoms with Gasteiger partial charge in [-0.2, -0.15) is 0 Å². The van der Waals surface area contributed by atoms with Crippen molar-refractivity contribution in [3.8, 4) is 16.9 Å². The number of benzene rings is 1. The third-order valence-electron chi connectivity index (χ3n) is 3.99. The van der Waals surface area contributed by atoms with Crippen molar-refractivity contribution in [1.82, 2.24) is 9.88 Å². The van der Waals surface area contributed by atoms with E-state index in [1.165, 1.54) is 4.90 Å². The van der Waals surface area contributed by atoms with Gasteiger partial charge in [-0.05, 0) is 18.1 Å². The SMILES string of the molecule is CN(CC1CCOc2c(-c3cccnc3)cccc21)C(=O)O. The predicted molar refractivity (Wildman–Crippen MR) is 83.2 cm³/mol. The number of pyridine rings is 1. The van der Waals surface area contributed by atoms with Gasteiger partial charge in [0.1, 0.15) is 5.75 Å². The van der Waals surface area contributed by atoms with Crippen molar-refractivity contribution < 1.29 is 14.6 Å². The summed E-state index contributed by atoms with van der Waals surface area (Å²) < 4.78 is 5.89. The van der Waals surface area contributed by atoms with Gasteiger partial charge in [-0.15, -0.1) is 0 Å². The monoisotopic (exact) mass is 298 g/mol. The summed E-state index contributed by atoms with van der Waals surface area (Å²) in [5, 5.41) is 9.08. The number of nitrogens with zero attached hydrogens (tertiary/aromatic N) is 2. The van der Waals surface area contributed by atoms with Crippen LogP contribution >= 0.6 is 0 Å². The Morgan fingerprint density at radius 2 is 2.27 bits per heavy atom. The fourth-order valence-electron chi connectivity index (χ4n) is 2.84. The number of carbonyl (C=O) groups is 1. The molecule has 0 aliphatic carbocycles. The zero-order valence-corrected chi connectivity index (χ0v) is 12.4. The van der Waals surface area contributed by atoms with Crippen molar-refractivity contribution in [2.24, 2.45) is 0 Å². The van der Waals surface area contributed by atoms with Crippen LogP contribution in [0.2, 0.25) is 0 Å². The predicted octanol–water partition coefficient (Wildman–Crippen LogP) is 3.22. The lowest BCUT2D eigenvalue weighted by molar-refractivity contribution is 0.149. The molecule has 3 rings (SSSR count). The summed E-state index contributed by atoms with van der Waals surface area (Å²) >= 11 is 0. The molecule has 5 nitrogen and oxygen atoms in total. The van der Waals surface area contributed by atoms with Crippen LogP contribution in [0.5, 0.6) is 5.75 Å². The number of hydrogen-bond acceptors (Lipinski definition) is 3. The molecule has 1 aromatic carbocycles. The van der Waals surface area contributed by atoms with Crippen LogP contribution in [0.1, 0.15) is 17.9 Å². The van der Waals surface area contributed by atoms with Crippen LogP contribution in [0.15, 0.2) is 42.7 Å². The van der Waals surface area contributed by atoms with E-state index in [0.29, 0.717) is 13.2 Å². The van der Waals surface area contributed by atoms with E-state index in [0.717, 1.165) is 28.9 Å². The van der Waals surface area contributed by atoms with Gasteiger partial charge in [-0.3, -0.25) is 4.98 Å². The Balaban J connectivity index is 1.97. The minimum atomic E-state index is -0.906. The fourth-order valence-corrected chi connectivity index (χ4v) is 2.84. The van der Waals surface area contributed by atoms with E-state index >= 15 is 0 Å². The number of amides is 1. The summed E-state index contributed by atoms with van der Waals surface area (Å²) in [5.41, 5.74) is 3.08. The maximum atomic E-state index is 11.1. The highest BCUT2D eigenvalue weighted by Crippen LogP contribution is 2.40. The van der Waals surface area contributed by atoms with E-state index in [1.807, 2.05) is 36.5 Å². The topological polar surface area (TPSA) is 62.7 Å². The lowest BCUT2D eigenvalue weighted by Crippen LogP contribution is -2.31. The number of carboxylic acid groups (broad SMARTS) is 1. The fraction of sp³-hybridized carbons (Fsp3) is 0.294. The first kappa shape index (κ1) is 14.4. The van der Waals surface area contributed by atoms with E-state index in [4.69, 9.17) is 9.84 Å². The Kier molecular flexibility index (Phi) is 3.96. The molecule has 0 bridgehead atoms. The maximum absolute atomic E-state index is 11.1. The standard InChI is InChI=1S/C17H18N2O3/c1-19(17(20)21)11-13-7-9-22-16-14(5-2-6-15(13)16)12-4-3-8-18-10-12/h2-6,8,10,13H,7,9,11H2,1H3,(H,20,21). The summed E-state index contributed by atoms with van der Waals surface area (Å²) in [6.07, 6.45) is 3.47. The molecule has 114 valence electrons. The zero-order valence-electron chi connectivity index (χ0n) is 12.4. The van der Waals surface area contributed by atoms with E-state index in [1.54, 1.807) is 13.2 Å². The molecule has 1 atom stereocenters. The van der Waals surface area contributed by atoms with Crippen LogP contribution in [0, 0.1) is 0 Å². The second-order valence-electron chi connectivity index (χ2n) is 5.46. The number of fused-ring (bicyclic) bond motifs is 1. The Morgan fingerprint density at radius 1 is 1.41 bits per heavy atom. The molecule has 1 aliphatic rings. The van der Waals surface area contributed by atoms with Gasteiger partial charge in [-0.25, -0.2) is 4.79 Å². The summed E-state index contributed by atoms with van der Waals surface area (Å²) in [5.74, 6) is 1.01. The van der Waals surface area contributed by atoms with Crippen molar-refractivity contribution in [2.45, 2.75) is 12.3 Å². The smallest absolute Gasteiger partial charge is 0.407 e. The summed E-state index contributed by atoms with van der Waals surface area (Å²) in [6.45, 7) is 1.07. The Bertz CT molecular complexity index is 673. The van der Waals surface area contributed by atoms with Crippen LogP contribution in [0.25, 0.3) is 11.1 Å². The minimum absolute atomic E-state index is 0.154. The van der Waals surface area contributed by atoms with Gasteiger partial charge in [0.05, 0.1) is 6.61 Å². The number of hydrogen-bond donors (Lipinski definition) is 1. The Hall–Kier alpha value is -2.56. The van der Waals surface area contributed by atoms with Crippen LogP contribution < -0.4 is 4.74 Å². The van der Waals surface area contributed by atoms with E-state index in [-0.39, 0.29) is 5.92 Å². The molecular formula is C17H18N2O3. The zero-order chi connectivity index (χ0) is 15.5. The van der Waals surface area contributed by atoms with Crippen molar-refractivity contribution >= 4 is 6.09 Å². The van der Waals surface area contributed by atoms with Crippen LogP contribution in [-0.2, 0) is 0 Å². The third kappa shape index (κ3) is 2.74. The van der Waals surface area contributed by atoms with Gasteiger partial charge in [0.25, 0.3) is 0 Å². The summed E-state index contributed by atoms with van der Waals surface area (Å²) in [4.78, 5) is 16.5. The van der Waals surface area contributed by atoms with Crippen molar-refractivity contribution in [3.05, 3.63) is 48.3 Å². The lowest BCUT2D eigenvalue weighted by Gasteiger charge is -2.29. The molecule has 0 saturated heterocycles. The van der Waals surface area contributed by atoms with Crippen LogP contribution in [-0.4, -0.2) is 41.3 Å². The van der Waals surface area contributed by atoms with Crippen LogP contribution in [0.4, 0.5) is 4.79 Å². The normalized spacial score (nSPS) is 16.5. The van der Waals surface area contributed by atoms with Gasteiger partial charge >= 0.3 is 6.09 Å². The van der Waals surface area contributed by atoms with Gasteiger partial charge in [0, 0.05) is 43.0 Å². The van der Waals surface area contributed by atoms with Crippen LogP contribution in [0.3, 0.4) is 0 Å². The lowest BCUT2D eigenvalue weighted by atomic mass is 9.89. The number of likely N-dealkylation sites (N-methyl/N-ethyl adjacent to an activating group) is 1. The molecule has 2 heterocycles. The molecule has 1 N–H and O–H groups in total. The van der Waals surface area contributed by atoms with Crippen molar-refractivity contribution in [3.63, 3.8) is 0 Å². The van der Waals surface area contributed by atoms with E-state index < -0.39 is 6.09 Å². The third-order valence-corrected chi connectivity index (χ3v) is 3.99. The second-order valence-corrected chi connectivity index (χ2v) is 5.46. The van der Waals surface area contributed by atoms with E-state index in [9.17, 15) is 4.79 Å². The molecule has 5 heteroatoms. The molecule has 0 saturated carbocycles. The molecule has 0 spiro atoms. The molecule has 2 aromatic rings. The first-order chi connectivity index (χ1) is 10.7. The van der Waals surface area contributed by atoms with E-state index in [2.05, 4.69) is 4.98 Å². The number of rotatable bonds is 3. The van der Waals surface area contributed by atoms with Crippen molar-refractivity contribution in [2.75, 3.05) is 20.2 Å². The van der Waals surface area contributed by atoms with Crippen molar-refractivity contribution in [1.29, 1.82) is 0 Å². The molecular weight excluding hydrogens is 280 g/mol. The number of para-hydroxylation sites is 1. The average molecular weight is 298 g/mol. The molecule has 1 unspecified atom stereocenters. The molecule has 1 aliphatic heterocycles. The van der Waals surface area contributed by atoms with Gasteiger partial charge < -0.3 is 14.7 Å². The highest BCUT2D eigenvalue weighted by molar-refractivity contribution is 5.72. The quantitative estimate of drug-likeness (QED) is 0.945. The number of aromatic nitrogens is 1. The van der Waals surface area contributed by atoms with Gasteiger partial charge in [0.2, 0.25) is 0 Å². The molecule has 22 heavy (non-hydrogen) atoms. The highest BCUT2D eigenvalue weighted by Gasteiger charge is 2.26. The summed E-state index contributed by atoms with van der Waals surface area (Å²) in [6, 6.07) is 9.92. The summed E-state index contributed by atoms with van der Waals surface area (Å²) in [7, 11) is 1.60. The molecule has 0 fully saturated rings. The Morgan fingerprint density at radius 3 is 3.00 bits per heavy atom. The largest absolute Gasteiger partial charge is 0.493 e.